The van der Waals surface area contributed by atoms with Crippen LogP contribution in [0.25, 0.3) is 10.8 Å². The van der Waals surface area contributed by atoms with Gasteiger partial charge in [-0.3, -0.25) is 0 Å². The molecule has 0 fully saturated rings. The molecule has 0 N–H and O–H groups in total. The first kappa shape index (κ1) is 9.21. The fraction of sp³-hybridized carbons (Fsp3) is 0.0909. The van der Waals surface area contributed by atoms with E-state index >= 15 is 0 Å². The molecule has 0 saturated heterocycles. The monoisotopic (exact) mass is 203 g/mol. The number of carbonyl (C=O) groups is 1. The molecule has 2 aromatic rings. The Balaban J connectivity index is 2.48. The smallest absolute Gasteiger partial charge is 0.130 e. The summed E-state index contributed by atoms with van der Waals surface area (Å²) >= 11 is 1.47. The average molecular weight is 203 g/mol. The molecule has 70 valence electrons. The summed E-state index contributed by atoms with van der Waals surface area (Å²) in [6.45, 7) is 0. The summed E-state index contributed by atoms with van der Waals surface area (Å²) in [7, 11) is 0. The van der Waals surface area contributed by atoms with E-state index in [4.69, 9.17) is 0 Å². The van der Waals surface area contributed by atoms with Crippen molar-refractivity contribution in [2.24, 2.45) is 0 Å². The third-order valence-corrected chi connectivity index (χ3v) is 2.83. The fourth-order valence-electron chi connectivity index (χ4n) is 1.32. The number of aromatic nitrogens is 1. The Morgan fingerprint density at radius 3 is 3.00 bits per heavy atom. The van der Waals surface area contributed by atoms with Crippen LogP contribution in [0.3, 0.4) is 0 Å². The van der Waals surface area contributed by atoms with E-state index in [1.165, 1.54) is 11.8 Å². The first-order chi connectivity index (χ1) is 6.92. The van der Waals surface area contributed by atoms with Gasteiger partial charge in [-0.05, 0) is 11.5 Å². The van der Waals surface area contributed by atoms with Gasteiger partial charge >= 0.3 is 0 Å². The van der Waals surface area contributed by atoms with E-state index in [0.29, 0.717) is 5.75 Å². The molecule has 0 bridgehead atoms. The van der Waals surface area contributed by atoms with E-state index in [1.54, 1.807) is 6.20 Å². The van der Waals surface area contributed by atoms with Gasteiger partial charge in [-0.2, -0.15) is 0 Å². The lowest BCUT2D eigenvalue weighted by Gasteiger charge is -2.02. The lowest BCUT2D eigenvalue weighted by molar-refractivity contribution is -0.105. The van der Waals surface area contributed by atoms with Crippen LogP contribution in [0, 0.1) is 0 Å². The van der Waals surface area contributed by atoms with Crippen molar-refractivity contribution >= 4 is 28.8 Å². The molecule has 3 heteroatoms. The summed E-state index contributed by atoms with van der Waals surface area (Å²) in [4.78, 5) is 14.5. The minimum Gasteiger partial charge on any atom is -0.302 e. The Morgan fingerprint density at radius 2 is 2.14 bits per heavy atom. The van der Waals surface area contributed by atoms with Crippen molar-refractivity contribution < 1.29 is 4.79 Å². The van der Waals surface area contributed by atoms with Crippen molar-refractivity contribution in [1.29, 1.82) is 0 Å². The minimum atomic E-state index is 0.459. The zero-order valence-electron chi connectivity index (χ0n) is 7.51. The molecule has 0 aliphatic carbocycles. The molecular weight excluding hydrogens is 194 g/mol. The van der Waals surface area contributed by atoms with Crippen molar-refractivity contribution in [2.45, 2.75) is 5.03 Å². The van der Waals surface area contributed by atoms with Crippen LogP contribution in [0.15, 0.2) is 41.6 Å². The molecule has 0 spiro atoms. The van der Waals surface area contributed by atoms with E-state index < -0.39 is 0 Å². The number of fused-ring (bicyclic) bond motifs is 1. The Kier molecular flexibility index (Phi) is 2.79. The molecule has 1 heterocycles. The topological polar surface area (TPSA) is 30.0 Å². The standard InChI is InChI=1S/C11H9NOS/c13-7-8-14-11-10-4-2-1-3-9(10)5-6-12-11/h1-7H,8H2. The lowest BCUT2D eigenvalue weighted by atomic mass is 10.2. The predicted octanol–water partition coefficient (Wildman–Crippen LogP) is 2.53. The quantitative estimate of drug-likeness (QED) is 0.567. The molecule has 1 aromatic carbocycles. The van der Waals surface area contributed by atoms with E-state index in [9.17, 15) is 4.79 Å². The van der Waals surface area contributed by atoms with Gasteiger partial charge in [0.25, 0.3) is 0 Å². The highest BCUT2D eigenvalue weighted by Gasteiger charge is 2.00. The van der Waals surface area contributed by atoms with Gasteiger partial charge in [0.1, 0.15) is 11.3 Å². The van der Waals surface area contributed by atoms with E-state index in [0.717, 1.165) is 22.1 Å². The Labute approximate surface area is 86.3 Å². The van der Waals surface area contributed by atoms with Gasteiger partial charge in [-0.15, -0.1) is 0 Å². The molecule has 1 aromatic heterocycles. The van der Waals surface area contributed by atoms with Crippen molar-refractivity contribution in [3.8, 4) is 0 Å². The van der Waals surface area contributed by atoms with Crippen LogP contribution >= 0.6 is 11.8 Å². The van der Waals surface area contributed by atoms with Gasteiger partial charge in [-0.1, -0.05) is 36.0 Å². The largest absolute Gasteiger partial charge is 0.302 e. The van der Waals surface area contributed by atoms with Crippen LogP contribution < -0.4 is 0 Å². The summed E-state index contributed by atoms with van der Waals surface area (Å²) < 4.78 is 0. The molecule has 2 nitrogen and oxygen atoms in total. The van der Waals surface area contributed by atoms with Crippen LogP contribution in [0.2, 0.25) is 0 Å². The van der Waals surface area contributed by atoms with Crippen molar-refractivity contribution in [1.82, 2.24) is 4.98 Å². The van der Waals surface area contributed by atoms with Crippen molar-refractivity contribution in [3.63, 3.8) is 0 Å². The highest BCUT2D eigenvalue weighted by molar-refractivity contribution is 8.00. The number of hydrogen-bond donors (Lipinski definition) is 0. The zero-order chi connectivity index (χ0) is 9.80. The molecular formula is C11H9NOS. The molecule has 0 aliphatic rings. The summed E-state index contributed by atoms with van der Waals surface area (Å²) in [5, 5.41) is 3.20. The van der Waals surface area contributed by atoms with E-state index in [2.05, 4.69) is 4.98 Å². The predicted molar refractivity (Wildman–Crippen MR) is 58.5 cm³/mol. The molecule has 14 heavy (non-hydrogen) atoms. The molecule has 0 amide bonds. The second-order valence-electron chi connectivity index (χ2n) is 2.81. The summed E-state index contributed by atoms with van der Waals surface area (Å²) in [6.07, 6.45) is 2.67. The number of thioether (sulfide) groups is 1. The first-order valence-corrected chi connectivity index (χ1v) is 5.30. The molecule has 0 aliphatic heterocycles. The lowest BCUT2D eigenvalue weighted by Crippen LogP contribution is -1.85. The van der Waals surface area contributed by atoms with Crippen molar-refractivity contribution in [2.75, 3.05) is 5.75 Å². The third kappa shape index (κ3) is 1.77. The van der Waals surface area contributed by atoms with Crippen LogP contribution in [-0.4, -0.2) is 17.0 Å². The second-order valence-corrected chi connectivity index (χ2v) is 3.82. The summed E-state index contributed by atoms with van der Waals surface area (Å²) in [6, 6.07) is 10.0. The average Bonchev–Trinajstić information content (AvgIpc) is 2.26. The summed E-state index contributed by atoms with van der Waals surface area (Å²) in [5.41, 5.74) is 0. The van der Waals surface area contributed by atoms with E-state index in [-0.39, 0.29) is 0 Å². The van der Waals surface area contributed by atoms with Crippen LogP contribution in [0.4, 0.5) is 0 Å². The van der Waals surface area contributed by atoms with Gasteiger partial charge in [0.05, 0.1) is 5.75 Å². The molecule has 0 unspecified atom stereocenters. The van der Waals surface area contributed by atoms with E-state index in [1.807, 2.05) is 30.3 Å². The van der Waals surface area contributed by atoms with Crippen LogP contribution in [-0.2, 0) is 4.79 Å². The van der Waals surface area contributed by atoms with Crippen LogP contribution in [0.1, 0.15) is 0 Å². The Bertz CT molecular complexity index is 450. The molecule has 0 saturated carbocycles. The number of rotatable bonds is 3. The molecule has 0 radical (unpaired) electrons. The van der Waals surface area contributed by atoms with Gasteiger partial charge < -0.3 is 4.79 Å². The van der Waals surface area contributed by atoms with Gasteiger partial charge in [0.15, 0.2) is 0 Å². The molecule has 2 rings (SSSR count). The Hall–Kier alpha value is -1.35. The highest BCUT2D eigenvalue weighted by Crippen LogP contribution is 2.24. The number of nitrogens with zero attached hydrogens (tertiary/aromatic N) is 1. The maximum absolute atomic E-state index is 10.3. The van der Waals surface area contributed by atoms with Gasteiger partial charge in [0, 0.05) is 11.6 Å². The second kappa shape index (κ2) is 4.24. The first-order valence-electron chi connectivity index (χ1n) is 4.32. The Morgan fingerprint density at radius 1 is 1.29 bits per heavy atom. The molecule has 0 atom stereocenters. The zero-order valence-corrected chi connectivity index (χ0v) is 8.33. The maximum Gasteiger partial charge on any atom is 0.130 e. The fourth-order valence-corrected chi connectivity index (χ4v) is 2.02. The number of hydrogen-bond acceptors (Lipinski definition) is 3. The van der Waals surface area contributed by atoms with Gasteiger partial charge in [0.2, 0.25) is 0 Å². The minimum absolute atomic E-state index is 0.459. The SMILES string of the molecule is O=CCSc1nccc2ccccc12. The summed E-state index contributed by atoms with van der Waals surface area (Å²) in [5.74, 6) is 0.459. The van der Waals surface area contributed by atoms with Crippen LogP contribution in [0.5, 0.6) is 0 Å². The number of pyridine rings is 1. The maximum atomic E-state index is 10.3. The number of aldehydes is 1. The highest BCUT2D eigenvalue weighted by atomic mass is 32.2. The van der Waals surface area contributed by atoms with Crippen molar-refractivity contribution in [3.05, 3.63) is 36.5 Å². The third-order valence-electron chi connectivity index (χ3n) is 1.93. The normalized spacial score (nSPS) is 10.3. The van der Waals surface area contributed by atoms with Gasteiger partial charge in [-0.25, -0.2) is 4.98 Å². The number of carbonyl (C=O) groups excluding carboxylic acids is 1. The number of benzene rings is 1.